The minimum Gasteiger partial charge on any atom is -0.338 e. The maximum atomic E-state index is 13.2. The number of nitrogens with zero attached hydrogens (tertiary/aromatic N) is 7. The molecule has 1 fully saturated rings. The molecule has 4 aromatic rings. The Morgan fingerprint density at radius 3 is 2.55 bits per heavy atom. The number of halogens is 1. The molecule has 0 saturated carbocycles. The number of rotatable bonds is 7. The first-order valence-electron chi connectivity index (χ1n) is 13.7. The number of anilines is 4. The quantitative estimate of drug-likeness (QED) is 0.226. The van der Waals surface area contributed by atoms with E-state index in [2.05, 4.69) is 59.2 Å². The Kier molecular flexibility index (Phi) is 7.57. The number of hydrogen-bond acceptors (Lipinski definition) is 9. The highest BCUT2D eigenvalue weighted by Gasteiger charge is 2.24. The minimum atomic E-state index is -2.68. The van der Waals surface area contributed by atoms with Gasteiger partial charge in [0.25, 0.3) is 0 Å². The molecule has 0 bridgehead atoms. The predicted molar refractivity (Wildman–Crippen MR) is 160 cm³/mol. The molecular formula is C28H33ClN9OP. The first kappa shape index (κ1) is 26.9. The van der Waals surface area contributed by atoms with Crippen molar-refractivity contribution in [3.8, 4) is 5.69 Å². The highest BCUT2D eigenvalue weighted by Crippen LogP contribution is 2.39. The summed E-state index contributed by atoms with van der Waals surface area (Å²) in [5.41, 5.74) is 5.14. The number of nitrogens with one attached hydrogen (secondary N) is 2. The Bertz CT molecular complexity index is 1550. The molecule has 0 radical (unpaired) electrons. The summed E-state index contributed by atoms with van der Waals surface area (Å²) in [5, 5.41) is 18.9. The lowest BCUT2D eigenvalue weighted by Gasteiger charge is -2.25. The van der Waals surface area contributed by atoms with E-state index >= 15 is 0 Å². The SMILES string of the molecule is CP(C)(=O)c1cc(-n2cnnn2)ccc1Nc1nc(Nc2ccc3c(c2)CC[C@@H](N2CCCC2)CC3)ncc1Cl. The van der Waals surface area contributed by atoms with E-state index in [0.717, 1.165) is 18.5 Å². The second kappa shape index (κ2) is 11.3. The second-order valence-corrected chi connectivity index (χ2v) is 14.5. The molecule has 2 aliphatic rings. The topological polar surface area (TPSA) is 114 Å². The van der Waals surface area contributed by atoms with Crippen LogP contribution in [0, 0.1) is 0 Å². The van der Waals surface area contributed by atoms with Crippen molar-refractivity contribution < 1.29 is 4.57 Å². The number of likely N-dealkylation sites (tertiary alicyclic amines) is 1. The fourth-order valence-corrected chi connectivity index (χ4v) is 7.00. The first-order chi connectivity index (χ1) is 19.3. The zero-order valence-electron chi connectivity index (χ0n) is 22.7. The summed E-state index contributed by atoms with van der Waals surface area (Å²) in [5.74, 6) is 0.853. The molecule has 6 rings (SSSR count). The van der Waals surface area contributed by atoms with Crippen molar-refractivity contribution in [3.63, 3.8) is 0 Å². The summed E-state index contributed by atoms with van der Waals surface area (Å²) >= 11 is 6.49. The molecule has 1 saturated heterocycles. The van der Waals surface area contributed by atoms with Gasteiger partial charge in [0.05, 0.1) is 17.6 Å². The van der Waals surface area contributed by atoms with Gasteiger partial charge in [0.15, 0.2) is 5.82 Å². The van der Waals surface area contributed by atoms with Crippen LogP contribution >= 0.6 is 18.7 Å². The number of aromatic nitrogens is 6. The summed E-state index contributed by atoms with van der Waals surface area (Å²) in [6.07, 6.45) is 10.4. The summed E-state index contributed by atoms with van der Waals surface area (Å²) in [6, 6.07) is 12.7. The second-order valence-electron chi connectivity index (χ2n) is 10.9. The van der Waals surface area contributed by atoms with Gasteiger partial charge < -0.3 is 20.1 Å². The normalized spacial score (nSPS) is 17.8. The van der Waals surface area contributed by atoms with Crippen molar-refractivity contribution in [2.24, 2.45) is 0 Å². The van der Waals surface area contributed by atoms with Crippen molar-refractivity contribution >= 4 is 47.2 Å². The van der Waals surface area contributed by atoms with Gasteiger partial charge in [-0.3, -0.25) is 0 Å². The van der Waals surface area contributed by atoms with E-state index < -0.39 is 7.14 Å². The maximum Gasteiger partial charge on any atom is 0.229 e. The summed E-state index contributed by atoms with van der Waals surface area (Å²) in [7, 11) is -2.68. The van der Waals surface area contributed by atoms with Gasteiger partial charge in [-0.25, -0.2) is 9.67 Å². The van der Waals surface area contributed by atoms with Gasteiger partial charge in [0, 0.05) is 17.0 Å². The monoisotopic (exact) mass is 577 g/mol. The van der Waals surface area contributed by atoms with Crippen LogP contribution in [0.2, 0.25) is 5.02 Å². The molecule has 1 aliphatic heterocycles. The molecule has 0 unspecified atom stereocenters. The molecular weight excluding hydrogens is 545 g/mol. The molecule has 2 N–H and O–H groups in total. The Hall–Kier alpha value is -3.33. The zero-order chi connectivity index (χ0) is 27.7. The molecule has 40 heavy (non-hydrogen) atoms. The zero-order valence-corrected chi connectivity index (χ0v) is 24.4. The minimum absolute atomic E-state index is 0.359. The number of aryl methyl sites for hydroxylation is 2. The van der Waals surface area contributed by atoms with Crippen molar-refractivity contribution in [3.05, 3.63) is 65.1 Å². The van der Waals surface area contributed by atoms with Crippen molar-refractivity contribution in [2.45, 2.75) is 44.6 Å². The molecule has 2 aromatic heterocycles. The van der Waals surface area contributed by atoms with Gasteiger partial charge in [-0.2, -0.15) is 4.98 Å². The predicted octanol–water partition coefficient (Wildman–Crippen LogP) is 5.18. The molecule has 0 spiro atoms. The molecule has 1 aliphatic carbocycles. The van der Waals surface area contributed by atoms with Gasteiger partial charge in [0.2, 0.25) is 5.95 Å². The van der Waals surface area contributed by atoms with E-state index in [1.54, 1.807) is 19.5 Å². The lowest BCUT2D eigenvalue weighted by atomic mass is 10.0. The van der Waals surface area contributed by atoms with Gasteiger partial charge in [-0.1, -0.05) is 17.7 Å². The van der Waals surface area contributed by atoms with E-state index in [1.165, 1.54) is 60.9 Å². The molecule has 3 heterocycles. The van der Waals surface area contributed by atoms with Crippen LogP contribution in [-0.4, -0.2) is 67.5 Å². The van der Waals surface area contributed by atoms with Gasteiger partial charge in [-0.15, -0.1) is 5.10 Å². The van der Waals surface area contributed by atoms with Gasteiger partial charge >= 0.3 is 0 Å². The first-order valence-corrected chi connectivity index (χ1v) is 16.7. The molecule has 1 atom stereocenters. The van der Waals surface area contributed by atoms with Crippen molar-refractivity contribution in [1.82, 2.24) is 35.1 Å². The van der Waals surface area contributed by atoms with Crippen molar-refractivity contribution in [1.29, 1.82) is 0 Å². The van der Waals surface area contributed by atoms with Crippen molar-refractivity contribution in [2.75, 3.05) is 37.1 Å². The van der Waals surface area contributed by atoms with Crippen LogP contribution in [0.5, 0.6) is 0 Å². The number of fused-ring (bicyclic) bond motifs is 1. The van der Waals surface area contributed by atoms with E-state index in [9.17, 15) is 4.57 Å². The van der Waals surface area contributed by atoms with Crippen LogP contribution in [0.25, 0.3) is 5.69 Å². The van der Waals surface area contributed by atoms with Crippen LogP contribution in [0.1, 0.15) is 36.8 Å². The molecule has 208 valence electrons. The van der Waals surface area contributed by atoms with E-state index in [4.69, 9.17) is 11.6 Å². The maximum absolute atomic E-state index is 13.2. The average molecular weight is 578 g/mol. The Morgan fingerprint density at radius 2 is 1.80 bits per heavy atom. The summed E-state index contributed by atoms with van der Waals surface area (Å²) in [4.78, 5) is 11.7. The summed E-state index contributed by atoms with van der Waals surface area (Å²) < 4.78 is 14.7. The van der Waals surface area contributed by atoms with Gasteiger partial charge in [-0.05, 0) is 117 Å². The highest BCUT2D eigenvalue weighted by molar-refractivity contribution is 7.70. The largest absolute Gasteiger partial charge is 0.338 e. The lowest BCUT2D eigenvalue weighted by molar-refractivity contribution is 0.222. The van der Waals surface area contributed by atoms with Crippen LogP contribution < -0.4 is 15.9 Å². The van der Waals surface area contributed by atoms with E-state index in [-0.39, 0.29) is 0 Å². The Balaban J connectivity index is 1.21. The number of hydrogen-bond donors (Lipinski definition) is 2. The lowest BCUT2D eigenvalue weighted by Crippen LogP contribution is -2.32. The molecule has 2 aromatic carbocycles. The van der Waals surface area contributed by atoms with Crippen LogP contribution in [0.4, 0.5) is 23.1 Å². The number of tetrazole rings is 1. The number of benzene rings is 2. The van der Waals surface area contributed by atoms with Crippen LogP contribution in [-0.2, 0) is 17.4 Å². The Morgan fingerprint density at radius 1 is 1.00 bits per heavy atom. The third kappa shape index (κ3) is 5.89. The van der Waals surface area contributed by atoms with Crippen LogP contribution in [0.15, 0.2) is 48.9 Å². The highest BCUT2D eigenvalue weighted by atomic mass is 35.5. The Labute approximate surface area is 238 Å². The van der Waals surface area contributed by atoms with Gasteiger partial charge in [0.1, 0.15) is 18.5 Å². The third-order valence-electron chi connectivity index (χ3n) is 7.79. The molecule has 10 nitrogen and oxygen atoms in total. The van der Waals surface area contributed by atoms with E-state index in [0.29, 0.717) is 39.5 Å². The fraction of sp³-hybridized carbons (Fsp3) is 0.393. The summed E-state index contributed by atoms with van der Waals surface area (Å²) in [6.45, 7) is 5.93. The molecule has 0 amide bonds. The smallest absolute Gasteiger partial charge is 0.229 e. The van der Waals surface area contributed by atoms with Crippen LogP contribution in [0.3, 0.4) is 0 Å². The van der Waals surface area contributed by atoms with E-state index in [1.807, 2.05) is 18.2 Å². The average Bonchev–Trinajstić information content (AvgIpc) is 3.63. The fourth-order valence-electron chi connectivity index (χ4n) is 5.71. The third-order valence-corrected chi connectivity index (χ3v) is 9.59. The molecule has 12 heteroatoms. The standard InChI is InChI=1S/C28H33ClN9OP/c1-40(2,39)26-16-23(38-18-31-35-36-38)11-12-25(26)33-27-24(29)17-30-28(34-27)32-21-8-5-19-6-9-22(10-7-20(19)15-21)37-13-3-4-14-37/h5,8,11-12,15-18,22H,3-4,6-7,9-10,13-14H2,1-2H3,(H2,30,32,33,34)/t22-/m0/s1.